The predicted molar refractivity (Wildman–Crippen MR) is 48.1 cm³/mol. The Bertz CT molecular complexity index is 103. The van der Waals surface area contributed by atoms with E-state index in [1.54, 1.807) is 0 Å². The molecule has 3 heteroatoms. The molecule has 0 radical (unpaired) electrons. The molecule has 1 atom stereocenters. The fraction of sp³-hybridized carbons (Fsp3) is 1.00. The Labute approximate surface area is 74.1 Å². The van der Waals surface area contributed by atoms with Gasteiger partial charge in [-0.15, -0.1) is 0 Å². The molecule has 0 saturated carbocycles. The van der Waals surface area contributed by atoms with Crippen LogP contribution in [0.25, 0.3) is 0 Å². The molecule has 1 rings (SSSR count). The summed E-state index contributed by atoms with van der Waals surface area (Å²) in [5.74, 6) is 0.721. The molecular formula is C9H19NO2. The lowest BCUT2D eigenvalue weighted by atomic mass is 10.1. The van der Waals surface area contributed by atoms with Crippen molar-refractivity contribution in [2.24, 2.45) is 5.92 Å². The van der Waals surface area contributed by atoms with Crippen LogP contribution in [0.15, 0.2) is 0 Å². The summed E-state index contributed by atoms with van der Waals surface area (Å²) in [5.41, 5.74) is 0. The van der Waals surface area contributed by atoms with E-state index in [1.165, 1.54) is 6.42 Å². The van der Waals surface area contributed by atoms with Gasteiger partial charge < -0.3 is 15.2 Å². The lowest BCUT2D eigenvalue weighted by Crippen LogP contribution is -2.14. The van der Waals surface area contributed by atoms with Crippen LogP contribution in [-0.4, -0.2) is 38.0 Å². The third-order valence-corrected chi connectivity index (χ3v) is 2.21. The molecule has 1 aliphatic heterocycles. The smallest absolute Gasteiger partial charge is 0.0506 e. The summed E-state index contributed by atoms with van der Waals surface area (Å²) in [6.45, 7) is 4.23. The van der Waals surface area contributed by atoms with Crippen molar-refractivity contribution in [1.29, 1.82) is 0 Å². The van der Waals surface area contributed by atoms with Gasteiger partial charge in [0.25, 0.3) is 0 Å². The van der Waals surface area contributed by atoms with Gasteiger partial charge >= 0.3 is 0 Å². The monoisotopic (exact) mass is 173 g/mol. The fourth-order valence-corrected chi connectivity index (χ4v) is 1.42. The number of nitrogens with one attached hydrogen (secondary N) is 1. The normalized spacial score (nSPS) is 23.2. The number of hydrogen-bond donors (Lipinski definition) is 2. The summed E-state index contributed by atoms with van der Waals surface area (Å²) < 4.78 is 5.47. The molecule has 1 heterocycles. The molecule has 0 amide bonds. The SMILES string of the molecule is OCCCCOCC1CCNC1. The molecule has 72 valence electrons. The van der Waals surface area contributed by atoms with Crippen LogP contribution >= 0.6 is 0 Å². The van der Waals surface area contributed by atoms with Crippen LogP contribution < -0.4 is 5.32 Å². The van der Waals surface area contributed by atoms with E-state index in [0.29, 0.717) is 0 Å². The van der Waals surface area contributed by atoms with Gasteiger partial charge in [0.2, 0.25) is 0 Å². The largest absolute Gasteiger partial charge is 0.396 e. The molecule has 1 aliphatic rings. The second kappa shape index (κ2) is 6.40. The van der Waals surface area contributed by atoms with Gasteiger partial charge in [-0.25, -0.2) is 0 Å². The molecule has 3 nitrogen and oxygen atoms in total. The van der Waals surface area contributed by atoms with Crippen LogP contribution in [0.2, 0.25) is 0 Å². The first kappa shape index (κ1) is 9.96. The van der Waals surface area contributed by atoms with Crippen LogP contribution in [0.5, 0.6) is 0 Å². The molecule has 12 heavy (non-hydrogen) atoms. The van der Waals surface area contributed by atoms with Gasteiger partial charge in [0, 0.05) is 19.8 Å². The summed E-state index contributed by atoms with van der Waals surface area (Å²) in [5, 5.41) is 11.8. The molecule has 1 fully saturated rings. The highest BCUT2D eigenvalue weighted by Gasteiger charge is 2.13. The lowest BCUT2D eigenvalue weighted by molar-refractivity contribution is 0.0983. The Morgan fingerprint density at radius 1 is 1.42 bits per heavy atom. The number of rotatable bonds is 6. The molecule has 0 aromatic heterocycles. The summed E-state index contributed by atoms with van der Waals surface area (Å²) in [6, 6.07) is 0. The highest BCUT2D eigenvalue weighted by Crippen LogP contribution is 2.07. The maximum atomic E-state index is 8.51. The molecule has 0 bridgehead atoms. The third kappa shape index (κ3) is 4.04. The molecule has 0 spiro atoms. The van der Waals surface area contributed by atoms with Crippen molar-refractivity contribution in [3.05, 3.63) is 0 Å². The van der Waals surface area contributed by atoms with Crippen molar-refractivity contribution >= 4 is 0 Å². The fourth-order valence-electron chi connectivity index (χ4n) is 1.42. The van der Waals surface area contributed by atoms with E-state index in [9.17, 15) is 0 Å². The maximum absolute atomic E-state index is 8.51. The predicted octanol–water partition coefficient (Wildman–Crippen LogP) is 0.385. The zero-order chi connectivity index (χ0) is 8.65. The number of aliphatic hydroxyl groups excluding tert-OH is 1. The molecule has 0 aromatic carbocycles. The van der Waals surface area contributed by atoms with Crippen LogP contribution in [0.4, 0.5) is 0 Å². The first-order chi connectivity index (χ1) is 5.93. The minimum absolute atomic E-state index is 0.286. The summed E-state index contributed by atoms with van der Waals surface area (Å²) in [4.78, 5) is 0. The van der Waals surface area contributed by atoms with E-state index in [1.807, 2.05) is 0 Å². The number of hydrogen-bond acceptors (Lipinski definition) is 3. The summed E-state index contributed by atoms with van der Waals surface area (Å²) in [6.07, 6.45) is 3.10. The van der Waals surface area contributed by atoms with Crippen LogP contribution in [0, 0.1) is 5.92 Å². The molecule has 1 unspecified atom stereocenters. The Balaban J connectivity index is 1.81. The van der Waals surface area contributed by atoms with Crippen molar-refractivity contribution in [2.75, 3.05) is 32.9 Å². The quantitative estimate of drug-likeness (QED) is 0.571. The van der Waals surface area contributed by atoms with Crippen molar-refractivity contribution in [1.82, 2.24) is 5.32 Å². The molecule has 2 N–H and O–H groups in total. The second-order valence-corrected chi connectivity index (χ2v) is 3.36. The van der Waals surface area contributed by atoms with E-state index in [0.717, 1.165) is 45.1 Å². The van der Waals surface area contributed by atoms with Crippen molar-refractivity contribution < 1.29 is 9.84 Å². The number of ether oxygens (including phenoxy) is 1. The Kier molecular flexibility index (Phi) is 5.32. The summed E-state index contributed by atoms with van der Waals surface area (Å²) in [7, 11) is 0. The lowest BCUT2D eigenvalue weighted by Gasteiger charge is -2.08. The van der Waals surface area contributed by atoms with Gasteiger partial charge in [-0.1, -0.05) is 0 Å². The minimum atomic E-state index is 0.286. The third-order valence-electron chi connectivity index (χ3n) is 2.21. The minimum Gasteiger partial charge on any atom is -0.396 e. The van der Waals surface area contributed by atoms with Crippen molar-refractivity contribution in [3.8, 4) is 0 Å². The standard InChI is InChI=1S/C9H19NO2/c11-5-1-2-6-12-8-9-3-4-10-7-9/h9-11H,1-8H2. The van der Waals surface area contributed by atoms with Gasteiger partial charge in [-0.05, 0) is 31.7 Å². The van der Waals surface area contributed by atoms with Crippen LogP contribution in [0.3, 0.4) is 0 Å². The maximum Gasteiger partial charge on any atom is 0.0506 e. The molecule has 0 aromatic rings. The van der Waals surface area contributed by atoms with Gasteiger partial charge in [0.15, 0.2) is 0 Å². The summed E-state index contributed by atoms with van der Waals surface area (Å²) >= 11 is 0. The Hall–Kier alpha value is -0.120. The molecule has 0 aliphatic carbocycles. The van der Waals surface area contributed by atoms with Gasteiger partial charge in [-0.3, -0.25) is 0 Å². The van der Waals surface area contributed by atoms with E-state index < -0.39 is 0 Å². The highest BCUT2D eigenvalue weighted by atomic mass is 16.5. The highest BCUT2D eigenvalue weighted by molar-refractivity contribution is 4.70. The van der Waals surface area contributed by atoms with E-state index >= 15 is 0 Å². The van der Waals surface area contributed by atoms with Crippen molar-refractivity contribution in [2.45, 2.75) is 19.3 Å². The van der Waals surface area contributed by atoms with E-state index in [4.69, 9.17) is 9.84 Å². The zero-order valence-corrected chi connectivity index (χ0v) is 7.59. The average Bonchev–Trinajstić information content (AvgIpc) is 2.57. The van der Waals surface area contributed by atoms with Gasteiger partial charge in [0.05, 0.1) is 6.61 Å². The Morgan fingerprint density at radius 2 is 2.33 bits per heavy atom. The number of unbranched alkanes of at least 4 members (excludes halogenated alkanes) is 1. The topological polar surface area (TPSA) is 41.5 Å². The molecule has 1 saturated heterocycles. The van der Waals surface area contributed by atoms with Crippen LogP contribution in [0.1, 0.15) is 19.3 Å². The van der Waals surface area contributed by atoms with Crippen molar-refractivity contribution in [3.63, 3.8) is 0 Å². The Morgan fingerprint density at radius 3 is 3.00 bits per heavy atom. The first-order valence-electron chi connectivity index (χ1n) is 4.83. The van der Waals surface area contributed by atoms with E-state index in [2.05, 4.69) is 5.32 Å². The number of aliphatic hydroxyl groups is 1. The molecular weight excluding hydrogens is 154 g/mol. The zero-order valence-electron chi connectivity index (χ0n) is 7.59. The second-order valence-electron chi connectivity index (χ2n) is 3.36. The average molecular weight is 173 g/mol. The van der Waals surface area contributed by atoms with E-state index in [-0.39, 0.29) is 6.61 Å². The van der Waals surface area contributed by atoms with Gasteiger partial charge in [-0.2, -0.15) is 0 Å². The first-order valence-corrected chi connectivity index (χ1v) is 4.83. The van der Waals surface area contributed by atoms with Gasteiger partial charge in [0.1, 0.15) is 0 Å². The van der Waals surface area contributed by atoms with Crippen LogP contribution in [-0.2, 0) is 4.74 Å².